The number of aromatic carboxylic acids is 1. The maximum absolute atomic E-state index is 11.7. The monoisotopic (exact) mass is 284 g/mol. The molecule has 0 aliphatic heterocycles. The van der Waals surface area contributed by atoms with Crippen LogP contribution in [0.4, 0.5) is 5.69 Å². The van der Waals surface area contributed by atoms with E-state index >= 15 is 0 Å². The van der Waals surface area contributed by atoms with Crippen molar-refractivity contribution in [1.29, 1.82) is 0 Å². The topological polar surface area (TPSA) is 93.3 Å². The van der Waals surface area contributed by atoms with E-state index in [1.807, 2.05) is 0 Å². The molecular weight excluding hydrogens is 272 g/mol. The van der Waals surface area contributed by atoms with Crippen molar-refractivity contribution in [2.75, 3.05) is 0 Å². The minimum Gasteiger partial charge on any atom is -0.478 e. The van der Waals surface area contributed by atoms with E-state index in [4.69, 9.17) is 0 Å². The fourth-order valence-electron chi connectivity index (χ4n) is 3.85. The second-order valence-electron chi connectivity index (χ2n) is 5.76. The molecule has 1 N–H and O–H groups in total. The second kappa shape index (κ2) is 4.00. The Hall–Kier alpha value is -2.50. The van der Waals surface area contributed by atoms with Crippen LogP contribution >= 0.6 is 0 Å². The van der Waals surface area contributed by atoms with Crippen LogP contribution in [0.15, 0.2) is 18.2 Å². The number of nitro groups is 1. The molecule has 0 spiro atoms. The summed E-state index contributed by atoms with van der Waals surface area (Å²) in [6.45, 7) is 0. The van der Waals surface area contributed by atoms with Gasteiger partial charge in [0.1, 0.15) is 0 Å². The largest absolute Gasteiger partial charge is 0.478 e. The molecule has 2 aliphatic rings. The standard InChI is InChI=1S/C15H12N2O4/c18-15(19)13-10-6-9(17(20)21)3-4-11(10)16-14-8-2-1-7(5-8)12(13)14/h3-4,6-8H,1-2,5H2,(H,18,19). The maximum atomic E-state index is 11.7. The molecular formula is C15H12N2O4. The third kappa shape index (κ3) is 1.59. The van der Waals surface area contributed by atoms with Crippen molar-refractivity contribution in [2.24, 2.45) is 0 Å². The number of aromatic nitrogens is 1. The first-order chi connectivity index (χ1) is 10.1. The summed E-state index contributed by atoms with van der Waals surface area (Å²) >= 11 is 0. The van der Waals surface area contributed by atoms with Crippen molar-refractivity contribution >= 4 is 22.6 Å². The predicted molar refractivity (Wildman–Crippen MR) is 74.7 cm³/mol. The molecule has 4 rings (SSSR count). The molecule has 0 saturated heterocycles. The molecule has 1 aromatic carbocycles. The van der Waals surface area contributed by atoms with E-state index < -0.39 is 10.9 Å². The Bertz CT molecular complexity index is 815. The van der Waals surface area contributed by atoms with E-state index in [-0.39, 0.29) is 17.2 Å². The summed E-state index contributed by atoms with van der Waals surface area (Å²) in [5.41, 5.74) is 2.35. The molecule has 1 fully saturated rings. The Morgan fingerprint density at radius 3 is 2.81 bits per heavy atom. The van der Waals surface area contributed by atoms with Crippen LogP contribution in [0.5, 0.6) is 0 Å². The Morgan fingerprint density at radius 1 is 1.33 bits per heavy atom. The second-order valence-corrected chi connectivity index (χ2v) is 5.76. The maximum Gasteiger partial charge on any atom is 0.336 e. The highest BCUT2D eigenvalue weighted by Crippen LogP contribution is 2.54. The number of benzene rings is 1. The molecule has 1 heterocycles. The molecule has 0 radical (unpaired) electrons. The molecule has 1 saturated carbocycles. The lowest BCUT2D eigenvalue weighted by molar-refractivity contribution is -0.384. The normalized spacial score (nSPS) is 22.5. The molecule has 2 aliphatic carbocycles. The summed E-state index contributed by atoms with van der Waals surface area (Å²) in [6.07, 6.45) is 3.00. The summed E-state index contributed by atoms with van der Waals surface area (Å²) in [6, 6.07) is 4.25. The van der Waals surface area contributed by atoms with Gasteiger partial charge in [0.2, 0.25) is 0 Å². The fourth-order valence-corrected chi connectivity index (χ4v) is 3.85. The number of pyridine rings is 1. The van der Waals surface area contributed by atoms with Crippen molar-refractivity contribution < 1.29 is 14.8 Å². The number of hydrogen-bond donors (Lipinski definition) is 1. The van der Waals surface area contributed by atoms with Crippen molar-refractivity contribution in [3.8, 4) is 0 Å². The number of carbonyl (C=O) groups is 1. The van der Waals surface area contributed by atoms with Gasteiger partial charge in [-0.25, -0.2) is 4.79 Å². The summed E-state index contributed by atoms with van der Waals surface area (Å²) in [5.74, 6) is -0.429. The third-order valence-electron chi connectivity index (χ3n) is 4.69. The van der Waals surface area contributed by atoms with Crippen LogP contribution in [0, 0.1) is 10.1 Å². The summed E-state index contributed by atoms with van der Waals surface area (Å²) in [7, 11) is 0. The van der Waals surface area contributed by atoms with Crippen molar-refractivity contribution in [3.63, 3.8) is 0 Å². The number of fused-ring (bicyclic) bond motifs is 6. The van der Waals surface area contributed by atoms with Crippen LogP contribution in [0.2, 0.25) is 0 Å². The van der Waals surface area contributed by atoms with Crippen LogP contribution in [0.3, 0.4) is 0 Å². The fraction of sp³-hybridized carbons (Fsp3) is 0.333. The first-order valence-electron chi connectivity index (χ1n) is 6.91. The highest BCUT2D eigenvalue weighted by molar-refractivity contribution is 6.05. The van der Waals surface area contributed by atoms with E-state index in [1.54, 1.807) is 6.07 Å². The van der Waals surface area contributed by atoms with Gasteiger partial charge in [-0.05, 0) is 36.8 Å². The number of rotatable bonds is 2. The lowest BCUT2D eigenvalue weighted by Crippen LogP contribution is -2.11. The number of nitro benzene ring substituents is 1. The average molecular weight is 284 g/mol. The molecule has 21 heavy (non-hydrogen) atoms. The van der Waals surface area contributed by atoms with Crippen LogP contribution < -0.4 is 0 Å². The third-order valence-corrected chi connectivity index (χ3v) is 4.69. The van der Waals surface area contributed by atoms with Gasteiger partial charge in [0.25, 0.3) is 5.69 Å². The molecule has 2 unspecified atom stereocenters. The lowest BCUT2D eigenvalue weighted by atomic mass is 9.89. The molecule has 2 bridgehead atoms. The van der Waals surface area contributed by atoms with Gasteiger partial charge >= 0.3 is 5.97 Å². The zero-order valence-corrected chi connectivity index (χ0v) is 11.1. The molecule has 6 nitrogen and oxygen atoms in total. The minimum absolute atomic E-state index is 0.102. The SMILES string of the molecule is O=C(O)c1c2c(nc3ccc([N+](=O)[O-])cc13)C1CCC2C1. The first kappa shape index (κ1) is 12.3. The van der Waals surface area contributed by atoms with E-state index in [0.717, 1.165) is 30.5 Å². The quantitative estimate of drug-likeness (QED) is 0.675. The zero-order chi connectivity index (χ0) is 14.7. The Kier molecular flexibility index (Phi) is 2.34. The molecule has 6 heteroatoms. The van der Waals surface area contributed by atoms with Crippen LogP contribution in [-0.2, 0) is 0 Å². The highest BCUT2D eigenvalue weighted by atomic mass is 16.6. The Morgan fingerprint density at radius 2 is 2.10 bits per heavy atom. The van der Waals surface area contributed by atoms with Gasteiger partial charge in [-0.2, -0.15) is 0 Å². The Labute approximate surface area is 119 Å². The van der Waals surface area contributed by atoms with Gasteiger partial charge in [0.15, 0.2) is 0 Å². The van der Waals surface area contributed by atoms with E-state index in [9.17, 15) is 20.0 Å². The smallest absolute Gasteiger partial charge is 0.336 e. The zero-order valence-electron chi connectivity index (χ0n) is 11.1. The summed E-state index contributed by atoms with van der Waals surface area (Å²) < 4.78 is 0. The van der Waals surface area contributed by atoms with E-state index in [1.165, 1.54) is 12.1 Å². The van der Waals surface area contributed by atoms with Crippen molar-refractivity contribution in [1.82, 2.24) is 4.98 Å². The van der Waals surface area contributed by atoms with Crippen molar-refractivity contribution in [3.05, 3.63) is 45.1 Å². The van der Waals surface area contributed by atoms with Gasteiger partial charge in [-0.15, -0.1) is 0 Å². The van der Waals surface area contributed by atoms with Gasteiger partial charge in [-0.3, -0.25) is 15.1 Å². The molecule has 0 amide bonds. The first-order valence-corrected chi connectivity index (χ1v) is 6.91. The summed E-state index contributed by atoms with van der Waals surface area (Å²) in [4.78, 5) is 26.7. The van der Waals surface area contributed by atoms with Crippen LogP contribution in [0.1, 0.15) is 52.7 Å². The predicted octanol–water partition coefficient (Wildman–Crippen LogP) is 3.21. The molecule has 2 aromatic rings. The number of nitrogens with zero attached hydrogens (tertiary/aromatic N) is 2. The Balaban J connectivity index is 2.09. The molecule has 106 valence electrons. The molecule has 2 atom stereocenters. The molecule has 1 aromatic heterocycles. The van der Waals surface area contributed by atoms with Crippen LogP contribution in [0.25, 0.3) is 10.9 Å². The van der Waals surface area contributed by atoms with E-state index in [2.05, 4.69) is 4.98 Å². The van der Waals surface area contributed by atoms with Gasteiger partial charge < -0.3 is 5.11 Å². The highest BCUT2D eigenvalue weighted by Gasteiger charge is 2.41. The number of non-ortho nitro benzene ring substituents is 1. The number of hydrogen-bond acceptors (Lipinski definition) is 4. The minimum atomic E-state index is -1.02. The van der Waals surface area contributed by atoms with Crippen molar-refractivity contribution in [2.45, 2.75) is 31.1 Å². The van der Waals surface area contributed by atoms with E-state index in [0.29, 0.717) is 16.8 Å². The lowest BCUT2D eigenvalue weighted by Gasteiger charge is -2.18. The average Bonchev–Trinajstić information content (AvgIpc) is 3.05. The van der Waals surface area contributed by atoms with Gasteiger partial charge in [0.05, 0.1) is 16.0 Å². The van der Waals surface area contributed by atoms with Crippen LogP contribution in [-0.4, -0.2) is 21.0 Å². The number of carboxylic acid groups (broad SMARTS) is 1. The summed E-state index contributed by atoms with van der Waals surface area (Å²) in [5, 5.41) is 20.9. The van der Waals surface area contributed by atoms with Gasteiger partial charge in [0, 0.05) is 29.1 Å². The number of carboxylic acids is 1. The van der Waals surface area contributed by atoms with Gasteiger partial charge in [-0.1, -0.05) is 0 Å².